The Hall–Kier alpha value is -0.930. The maximum Gasteiger partial charge on any atom is 0.123 e. The number of piperidine rings is 1. The normalized spacial score (nSPS) is 20.2. The average Bonchev–Trinajstić information content (AvgIpc) is 2.42. The van der Waals surface area contributed by atoms with Gasteiger partial charge in [-0.1, -0.05) is 12.5 Å². The van der Waals surface area contributed by atoms with Crippen LogP contribution in [0.1, 0.15) is 36.8 Å². The van der Waals surface area contributed by atoms with E-state index < -0.39 is 0 Å². The minimum Gasteiger partial charge on any atom is -0.316 e. The predicted molar refractivity (Wildman–Crippen MR) is 82.6 cm³/mol. The van der Waals surface area contributed by atoms with Crippen LogP contribution >= 0.6 is 0 Å². The molecule has 1 atom stereocenters. The van der Waals surface area contributed by atoms with Gasteiger partial charge in [-0.05, 0) is 82.5 Å². The van der Waals surface area contributed by atoms with Gasteiger partial charge >= 0.3 is 0 Å². The third kappa shape index (κ3) is 4.57. The minimum absolute atomic E-state index is 0.139. The van der Waals surface area contributed by atoms with Crippen LogP contribution in [0.15, 0.2) is 18.2 Å². The summed E-state index contributed by atoms with van der Waals surface area (Å²) in [5.74, 6) is -0.139. The van der Waals surface area contributed by atoms with Crippen molar-refractivity contribution in [3.63, 3.8) is 0 Å². The number of rotatable bonds is 6. The second-order valence-corrected chi connectivity index (χ2v) is 5.99. The number of likely N-dealkylation sites (tertiary alicyclic amines) is 1. The molecular weight excluding hydrogens is 251 g/mol. The van der Waals surface area contributed by atoms with Crippen LogP contribution in [-0.2, 0) is 6.42 Å². The molecule has 1 fully saturated rings. The SMILES string of the molecule is Cc1cc(F)ccc1CCNCCC1CCCCN1C. The van der Waals surface area contributed by atoms with E-state index in [2.05, 4.69) is 17.3 Å². The van der Waals surface area contributed by atoms with E-state index >= 15 is 0 Å². The van der Waals surface area contributed by atoms with E-state index in [1.165, 1.54) is 37.8 Å². The summed E-state index contributed by atoms with van der Waals surface area (Å²) in [4.78, 5) is 2.50. The molecule has 0 radical (unpaired) electrons. The van der Waals surface area contributed by atoms with Gasteiger partial charge < -0.3 is 10.2 Å². The Morgan fingerprint density at radius 3 is 2.90 bits per heavy atom. The minimum atomic E-state index is -0.139. The van der Waals surface area contributed by atoms with Gasteiger partial charge in [0.25, 0.3) is 0 Å². The first-order chi connectivity index (χ1) is 9.66. The van der Waals surface area contributed by atoms with Crippen LogP contribution in [0, 0.1) is 12.7 Å². The number of benzene rings is 1. The first kappa shape index (κ1) is 15.5. The Morgan fingerprint density at radius 1 is 1.30 bits per heavy atom. The van der Waals surface area contributed by atoms with E-state index in [4.69, 9.17) is 0 Å². The second kappa shape index (κ2) is 7.75. The molecule has 1 unspecified atom stereocenters. The maximum absolute atomic E-state index is 13.0. The molecule has 2 nitrogen and oxygen atoms in total. The predicted octanol–water partition coefficient (Wildman–Crippen LogP) is 3.14. The molecule has 1 saturated heterocycles. The summed E-state index contributed by atoms with van der Waals surface area (Å²) in [7, 11) is 2.24. The lowest BCUT2D eigenvalue weighted by Crippen LogP contribution is -2.38. The standard InChI is InChI=1S/C17H27FN2/c1-14-13-16(18)7-6-15(14)8-10-19-11-9-17-5-3-4-12-20(17)2/h6-7,13,17,19H,3-5,8-12H2,1-2H3. The van der Waals surface area contributed by atoms with Crippen LogP contribution < -0.4 is 5.32 Å². The lowest BCUT2D eigenvalue weighted by Gasteiger charge is -2.32. The van der Waals surface area contributed by atoms with Crippen LogP contribution in [0.2, 0.25) is 0 Å². The molecule has 0 aromatic heterocycles. The number of nitrogens with one attached hydrogen (secondary N) is 1. The molecule has 1 N–H and O–H groups in total. The first-order valence-corrected chi connectivity index (χ1v) is 7.83. The summed E-state index contributed by atoms with van der Waals surface area (Å²) in [6.07, 6.45) is 6.29. The smallest absolute Gasteiger partial charge is 0.123 e. The lowest BCUT2D eigenvalue weighted by molar-refractivity contribution is 0.175. The van der Waals surface area contributed by atoms with Crippen molar-refractivity contribution in [3.8, 4) is 0 Å². The van der Waals surface area contributed by atoms with E-state index in [0.717, 1.165) is 31.1 Å². The van der Waals surface area contributed by atoms with Gasteiger partial charge in [0, 0.05) is 6.04 Å². The highest BCUT2D eigenvalue weighted by molar-refractivity contribution is 5.26. The summed E-state index contributed by atoms with van der Waals surface area (Å²) in [5, 5.41) is 3.52. The molecule has 1 heterocycles. The van der Waals surface area contributed by atoms with Crippen molar-refractivity contribution in [3.05, 3.63) is 35.1 Å². The van der Waals surface area contributed by atoms with Crippen molar-refractivity contribution >= 4 is 0 Å². The molecule has 1 aliphatic rings. The van der Waals surface area contributed by atoms with Crippen molar-refractivity contribution in [1.29, 1.82) is 0 Å². The van der Waals surface area contributed by atoms with Crippen molar-refractivity contribution < 1.29 is 4.39 Å². The van der Waals surface area contributed by atoms with Crippen molar-refractivity contribution in [2.45, 2.75) is 45.1 Å². The molecule has 3 heteroatoms. The zero-order chi connectivity index (χ0) is 14.4. The van der Waals surface area contributed by atoms with Gasteiger partial charge in [0.05, 0.1) is 0 Å². The fourth-order valence-corrected chi connectivity index (χ4v) is 3.07. The number of halogens is 1. The Balaban J connectivity index is 1.64. The van der Waals surface area contributed by atoms with Gasteiger partial charge in [-0.3, -0.25) is 0 Å². The van der Waals surface area contributed by atoms with E-state index in [1.54, 1.807) is 12.1 Å². The zero-order valence-electron chi connectivity index (χ0n) is 12.8. The van der Waals surface area contributed by atoms with Gasteiger partial charge in [0.1, 0.15) is 5.82 Å². The van der Waals surface area contributed by atoms with Gasteiger partial charge in [0.2, 0.25) is 0 Å². The van der Waals surface area contributed by atoms with Gasteiger partial charge in [-0.2, -0.15) is 0 Å². The van der Waals surface area contributed by atoms with Gasteiger partial charge in [-0.15, -0.1) is 0 Å². The quantitative estimate of drug-likeness (QED) is 0.804. The average molecular weight is 278 g/mol. The van der Waals surface area contributed by atoms with Crippen LogP contribution in [0.4, 0.5) is 4.39 Å². The Kier molecular flexibility index (Phi) is 5.99. The summed E-state index contributed by atoms with van der Waals surface area (Å²) in [6, 6.07) is 5.83. The largest absolute Gasteiger partial charge is 0.316 e. The molecule has 0 saturated carbocycles. The molecule has 0 amide bonds. The molecule has 20 heavy (non-hydrogen) atoms. The van der Waals surface area contributed by atoms with Crippen LogP contribution in [0.3, 0.4) is 0 Å². The van der Waals surface area contributed by atoms with Crippen molar-refractivity contribution in [2.24, 2.45) is 0 Å². The number of hydrogen-bond donors (Lipinski definition) is 1. The molecule has 0 aliphatic carbocycles. The molecule has 0 bridgehead atoms. The molecule has 1 aliphatic heterocycles. The van der Waals surface area contributed by atoms with Crippen LogP contribution in [0.5, 0.6) is 0 Å². The second-order valence-electron chi connectivity index (χ2n) is 5.99. The highest BCUT2D eigenvalue weighted by Gasteiger charge is 2.17. The van der Waals surface area contributed by atoms with Crippen molar-refractivity contribution in [2.75, 3.05) is 26.7 Å². The van der Waals surface area contributed by atoms with Gasteiger partial charge in [-0.25, -0.2) is 4.39 Å². The Morgan fingerprint density at radius 2 is 2.15 bits per heavy atom. The fraction of sp³-hybridized carbons (Fsp3) is 0.647. The van der Waals surface area contributed by atoms with E-state index in [-0.39, 0.29) is 5.82 Å². The highest BCUT2D eigenvalue weighted by Crippen LogP contribution is 2.17. The van der Waals surface area contributed by atoms with E-state index in [1.807, 2.05) is 13.0 Å². The topological polar surface area (TPSA) is 15.3 Å². The van der Waals surface area contributed by atoms with Gasteiger partial charge in [0.15, 0.2) is 0 Å². The number of aryl methyl sites for hydroxylation is 1. The molecule has 1 aromatic rings. The lowest BCUT2D eigenvalue weighted by atomic mass is 10.00. The summed E-state index contributed by atoms with van der Waals surface area (Å²) >= 11 is 0. The Bertz CT molecular complexity index is 419. The first-order valence-electron chi connectivity index (χ1n) is 7.83. The van der Waals surface area contributed by atoms with E-state index in [0.29, 0.717) is 0 Å². The Labute approximate surface area is 122 Å². The third-order valence-corrected chi connectivity index (χ3v) is 4.45. The monoisotopic (exact) mass is 278 g/mol. The summed E-state index contributed by atoms with van der Waals surface area (Å²) in [6.45, 7) is 5.28. The molecule has 112 valence electrons. The molecule has 1 aromatic carbocycles. The van der Waals surface area contributed by atoms with Crippen LogP contribution in [-0.4, -0.2) is 37.6 Å². The summed E-state index contributed by atoms with van der Waals surface area (Å²) in [5.41, 5.74) is 2.30. The number of nitrogens with zero attached hydrogens (tertiary/aromatic N) is 1. The van der Waals surface area contributed by atoms with E-state index in [9.17, 15) is 4.39 Å². The zero-order valence-corrected chi connectivity index (χ0v) is 12.8. The molecular formula is C17H27FN2. The van der Waals surface area contributed by atoms with Crippen molar-refractivity contribution in [1.82, 2.24) is 10.2 Å². The fourth-order valence-electron chi connectivity index (χ4n) is 3.07. The maximum atomic E-state index is 13.0. The summed E-state index contributed by atoms with van der Waals surface area (Å²) < 4.78 is 13.0. The highest BCUT2D eigenvalue weighted by atomic mass is 19.1. The van der Waals surface area contributed by atoms with Crippen LogP contribution in [0.25, 0.3) is 0 Å². The molecule has 2 rings (SSSR count). The number of hydrogen-bond acceptors (Lipinski definition) is 2. The molecule has 0 spiro atoms. The third-order valence-electron chi connectivity index (χ3n) is 4.45.